The van der Waals surface area contributed by atoms with Crippen LogP contribution in [0.15, 0.2) is 42.5 Å². The molecule has 0 spiro atoms. The highest BCUT2D eigenvalue weighted by molar-refractivity contribution is 7.80. The summed E-state index contributed by atoms with van der Waals surface area (Å²) in [5.74, 6) is -1.79. The van der Waals surface area contributed by atoms with Crippen LogP contribution in [0.5, 0.6) is 0 Å². The first-order valence-electron chi connectivity index (χ1n) is 7.23. The van der Waals surface area contributed by atoms with Crippen LogP contribution in [0.3, 0.4) is 0 Å². The second-order valence-electron chi connectivity index (χ2n) is 5.27. The van der Waals surface area contributed by atoms with Gasteiger partial charge in [-0.1, -0.05) is 17.7 Å². The molecule has 0 aromatic heterocycles. The molecule has 2 rings (SSSR count). The topological polar surface area (TPSA) is 27.3 Å². The maximum absolute atomic E-state index is 13.1. The molecule has 0 radical (unpaired) electrons. The number of hydrogen-bond acceptors (Lipinski definition) is 2. The highest BCUT2D eigenvalue weighted by atomic mass is 32.1. The predicted octanol–water partition coefficient (Wildman–Crippen LogP) is 3.70. The van der Waals surface area contributed by atoms with Crippen LogP contribution in [-0.2, 0) is 0 Å². The number of nitrogens with one attached hydrogen (secondary N) is 2. The van der Waals surface area contributed by atoms with Crippen LogP contribution in [-0.4, -0.2) is 25.2 Å². The summed E-state index contributed by atoms with van der Waals surface area (Å²) in [6.45, 7) is 3.43. The number of likely N-dealkylation sites (N-methyl/N-ethyl adjacent to an activating group) is 1. The average molecular weight is 335 g/mol. The summed E-state index contributed by atoms with van der Waals surface area (Å²) in [7, 11) is 2.00. The maximum Gasteiger partial charge on any atom is 0.170 e. The minimum atomic E-state index is -0.906. The molecule has 0 aliphatic rings. The van der Waals surface area contributed by atoms with E-state index in [0.717, 1.165) is 24.4 Å². The van der Waals surface area contributed by atoms with Crippen LogP contribution in [0.4, 0.5) is 20.2 Å². The average Bonchev–Trinajstić information content (AvgIpc) is 2.51. The van der Waals surface area contributed by atoms with Gasteiger partial charge in [0.1, 0.15) is 0 Å². The Balaban J connectivity index is 1.78. The van der Waals surface area contributed by atoms with Crippen molar-refractivity contribution in [1.82, 2.24) is 5.32 Å². The van der Waals surface area contributed by atoms with Gasteiger partial charge in [-0.3, -0.25) is 0 Å². The number of nitrogens with zero attached hydrogens (tertiary/aromatic N) is 1. The van der Waals surface area contributed by atoms with Crippen LogP contribution in [0, 0.1) is 18.6 Å². The zero-order chi connectivity index (χ0) is 16.8. The number of aryl methyl sites for hydroxylation is 1. The van der Waals surface area contributed by atoms with Crippen molar-refractivity contribution in [2.24, 2.45) is 0 Å². The zero-order valence-electron chi connectivity index (χ0n) is 13.1. The van der Waals surface area contributed by atoms with Crippen molar-refractivity contribution in [3.05, 3.63) is 59.7 Å². The number of halogens is 2. The molecule has 0 aliphatic carbocycles. The summed E-state index contributed by atoms with van der Waals surface area (Å²) < 4.78 is 26.0. The molecule has 2 N–H and O–H groups in total. The van der Waals surface area contributed by atoms with Crippen LogP contribution >= 0.6 is 12.2 Å². The van der Waals surface area contributed by atoms with Gasteiger partial charge in [0.15, 0.2) is 16.7 Å². The molecule has 0 bridgehead atoms. The third kappa shape index (κ3) is 5.17. The Morgan fingerprint density at radius 3 is 2.43 bits per heavy atom. The molecule has 0 amide bonds. The Bertz CT molecular complexity index is 674. The van der Waals surface area contributed by atoms with E-state index in [0.29, 0.717) is 17.3 Å². The number of benzene rings is 2. The van der Waals surface area contributed by atoms with E-state index in [1.807, 2.05) is 14.0 Å². The Kier molecular flexibility index (Phi) is 5.87. The Labute approximate surface area is 140 Å². The molecule has 0 unspecified atom stereocenters. The van der Waals surface area contributed by atoms with Crippen molar-refractivity contribution in [3.63, 3.8) is 0 Å². The lowest BCUT2D eigenvalue weighted by molar-refractivity contribution is 0.509. The van der Waals surface area contributed by atoms with Gasteiger partial charge >= 0.3 is 0 Å². The highest BCUT2D eigenvalue weighted by Crippen LogP contribution is 2.13. The SMILES string of the molecule is Cc1ccc(N(C)CCNC(=S)Nc2ccc(F)c(F)c2)cc1. The molecule has 0 atom stereocenters. The molecule has 0 saturated heterocycles. The van der Waals surface area contributed by atoms with Crippen molar-refractivity contribution in [2.45, 2.75) is 6.92 Å². The van der Waals surface area contributed by atoms with E-state index in [-0.39, 0.29) is 0 Å². The normalized spacial score (nSPS) is 10.3. The molecular weight excluding hydrogens is 316 g/mol. The van der Waals surface area contributed by atoms with Crippen molar-refractivity contribution in [3.8, 4) is 0 Å². The van der Waals surface area contributed by atoms with Crippen molar-refractivity contribution in [2.75, 3.05) is 30.4 Å². The largest absolute Gasteiger partial charge is 0.373 e. The summed E-state index contributed by atoms with van der Waals surface area (Å²) in [6.07, 6.45) is 0. The van der Waals surface area contributed by atoms with Crippen molar-refractivity contribution in [1.29, 1.82) is 0 Å². The zero-order valence-corrected chi connectivity index (χ0v) is 13.9. The number of hydrogen-bond donors (Lipinski definition) is 2. The van der Waals surface area contributed by atoms with E-state index < -0.39 is 11.6 Å². The summed E-state index contributed by atoms with van der Waals surface area (Å²) in [4.78, 5) is 2.10. The van der Waals surface area contributed by atoms with E-state index in [1.54, 1.807) is 0 Å². The molecule has 122 valence electrons. The molecule has 2 aromatic carbocycles. The van der Waals surface area contributed by atoms with E-state index in [9.17, 15) is 8.78 Å². The quantitative estimate of drug-likeness (QED) is 0.815. The Morgan fingerprint density at radius 1 is 1.09 bits per heavy atom. The maximum atomic E-state index is 13.1. The third-order valence-corrected chi connectivity index (χ3v) is 3.63. The molecular formula is C17H19F2N3S. The van der Waals surface area contributed by atoms with E-state index in [4.69, 9.17) is 12.2 Å². The summed E-state index contributed by atoms with van der Waals surface area (Å²) >= 11 is 5.14. The second-order valence-corrected chi connectivity index (χ2v) is 5.68. The minimum Gasteiger partial charge on any atom is -0.373 e. The van der Waals surface area contributed by atoms with E-state index >= 15 is 0 Å². The predicted molar refractivity (Wildman–Crippen MR) is 95.0 cm³/mol. The van der Waals surface area contributed by atoms with Gasteiger partial charge in [-0.15, -0.1) is 0 Å². The number of anilines is 2. The first-order chi connectivity index (χ1) is 11.0. The fourth-order valence-corrected chi connectivity index (χ4v) is 2.23. The number of rotatable bonds is 5. The summed E-state index contributed by atoms with van der Waals surface area (Å²) in [5.41, 5.74) is 2.75. The fraction of sp³-hybridized carbons (Fsp3) is 0.235. The standard InChI is InChI=1S/C17H19F2N3S/c1-12-3-6-14(7-4-12)22(2)10-9-20-17(23)21-13-5-8-15(18)16(19)11-13/h3-8,11H,9-10H2,1-2H3,(H2,20,21,23). The lowest BCUT2D eigenvalue weighted by atomic mass is 10.2. The minimum absolute atomic E-state index is 0.369. The van der Waals surface area contributed by atoms with Crippen LogP contribution in [0.25, 0.3) is 0 Å². The molecule has 0 saturated carbocycles. The molecule has 3 nitrogen and oxygen atoms in total. The summed E-state index contributed by atoms with van der Waals surface area (Å²) in [6, 6.07) is 11.8. The van der Waals surface area contributed by atoms with Crippen LogP contribution in [0.1, 0.15) is 5.56 Å². The molecule has 2 aromatic rings. The van der Waals surface area contributed by atoms with Gasteiger partial charge in [0.05, 0.1) is 0 Å². The van der Waals surface area contributed by atoms with Crippen molar-refractivity contribution < 1.29 is 8.78 Å². The smallest absolute Gasteiger partial charge is 0.170 e. The number of thiocarbonyl (C=S) groups is 1. The molecule has 23 heavy (non-hydrogen) atoms. The van der Waals surface area contributed by atoms with Gasteiger partial charge in [-0.05, 0) is 43.4 Å². The second kappa shape index (κ2) is 7.87. The first kappa shape index (κ1) is 17.1. The van der Waals surface area contributed by atoms with Gasteiger partial charge in [0, 0.05) is 37.6 Å². The van der Waals surface area contributed by atoms with Crippen molar-refractivity contribution >= 4 is 28.7 Å². The van der Waals surface area contributed by atoms with E-state index in [2.05, 4.69) is 39.8 Å². The van der Waals surface area contributed by atoms with E-state index in [1.165, 1.54) is 11.6 Å². The molecule has 6 heteroatoms. The van der Waals surface area contributed by atoms with Gasteiger partial charge in [-0.2, -0.15) is 0 Å². The van der Waals surface area contributed by atoms with Gasteiger partial charge in [-0.25, -0.2) is 8.78 Å². The van der Waals surface area contributed by atoms with Gasteiger partial charge < -0.3 is 15.5 Å². The molecule has 0 aliphatic heterocycles. The lowest BCUT2D eigenvalue weighted by Crippen LogP contribution is -2.35. The molecule has 0 fully saturated rings. The lowest BCUT2D eigenvalue weighted by Gasteiger charge is -2.20. The van der Waals surface area contributed by atoms with Crippen LogP contribution < -0.4 is 15.5 Å². The monoisotopic (exact) mass is 335 g/mol. The van der Waals surface area contributed by atoms with Gasteiger partial charge in [0.25, 0.3) is 0 Å². The first-order valence-corrected chi connectivity index (χ1v) is 7.64. The fourth-order valence-electron chi connectivity index (χ4n) is 2.01. The Hall–Kier alpha value is -2.21. The van der Waals surface area contributed by atoms with Gasteiger partial charge in [0.2, 0.25) is 0 Å². The molecule has 0 heterocycles. The highest BCUT2D eigenvalue weighted by Gasteiger charge is 2.04. The van der Waals surface area contributed by atoms with Crippen LogP contribution in [0.2, 0.25) is 0 Å². The Morgan fingerprint density at radius 2 is 1.78 bits per heavy atom. The third-order valence-electron chi connectivity index (χ3n) is 3.38. The summed E-state index contributed by atoms with van der Waals surface area (Å²) in [5, 5.41) is 6.23.